The summed E-state index contributed by atoms with van der Waals surface area (Å²) in [5.74, 6) is -1.00. The van der Waals surface area contributed by atoms with Gasteiger partial charge in [0.25, 0.3) is 0 Å². The minimum absolute atomic E-state index is 0.0228. The van der Waals surface area contributed by atoms with E-state index in [9.17, 15) is 9.59 Å². The van der Waals surface area contributed by atoms with Crippen molar-refractivity contribution in [1.29, 1.82) is 0 Å². The van der Waals surface area contributed by atoms with Crippen LogP contribution < -0.4 is 5.32 Å². The number of aliphatic carboxylic acids is 1. The number of amides is 1. The minimum Gasteiger partial charge on any atom is -0.480 e. The SMILES string of the molecule is CC[C@H](C)[C@H](NC(=O)C1CCCCC1)C(=O)O. The Morgan fingerprint density at radius 2 is 1.88 bits per heavy atom. The summed E-state index contributed by atoms with van der Waals surface area (Å²) in [5.41, 5.74) is 0. The molecule has 0 aliphatic heterocycles. The molecule has 98 valence electrons. The van der Waals surface area contributed by atoms with Gasteiger partial charge in [-0.2, -0.15) is 0 Å². The molecule has 0 aromatic heterocycles. The fourth-order valence-electron chi connectivity index (χ4n) is 2.32. The summed E-state index contributed by atoms with van der Waals surface area (Å²) in [4.78, 5) is 23.1. The topological polar surface area (TPSA) is 66.4 Å². The first-order chi connectivity index (χ1) is 8.06. The van der Waals surface area contributed by atoms with Gasteiger partial charge in [0.1, 0.15) is 6.04 Å². The molecule has 1 aliphatic rings. The van der Waals surface area contributed by atoms with Crippen molar-refractivity contribution in [3.63, 3.8) is 0 Å². The highest BCUT2D eigenvalue weighted by Gasteiger charge is 2.29. The van der Waals surface area contributed by atoms with Crippen LogP contribution in [0.2, 0.25) is 0 Å². The smallest absolute Gasteiger partial charge is 0.326 e. The average Bonchev–Trinajstić information content (AvgIpc) is 2.35. The Kier molecular flexibility index (Phi) is 5.45. The van der Waals surface area contributed by atoms with Crippen molar-refractivity contribution in [1.82, 2.24) is 5.32 Å². The van der Waals surface area contributed by atoms with Crippen LogP contribution in [0.25, 0.3) is 0 Å². The van der Waals surface area contributed by atoms with Gasteiger partial charge in [0.15, 0.2) is 0 Å². The van der Waals surface area contributed by atoms with Gasteiger partial charge < -0.3 is 10.4 Å². The number of nitrogens with one attached hydrogen (secondary N) is 1. The monoisotopic (exact) mass is 241 g/mol. The van der Waals surface area contributed by atoms with Crippen molar-refractivity contribution in [3.05, 3.63) is 0 Å². The van der Waals surface area contributed by atoms with Crippen LogP contribution in [0.1, 0.15) is 52.4 Å². The Labute approximate surface area is 103 Å². The lowest BCUT2D eigenvalue weighted by Crippen LogP contribution is -2.47. The molecular weight excluding hydrogens is 218 g/mol. The van der Waals surface area contributed by atoms with Gasteiger partial charge in [-0.3, -0.25) is 4.79 Å². The summed E-state index contributed by atoms with van der Waals surface area (Å²) < 4.78 is 0. The number of carboxylic acids is 1. The van der Waals surface area contributed by atoms with Crippen molar-refractivity contribution in [2.24, 2.45) is 11.8 Å². The fraction of sp³-hybridized carbons (Fsp3) is 0.846. The van der Waals surface area contributed by atoms with Crippen LogP contribution in [0.4, 0.5) is 0 Å². The third-order valence-electron chi connectivity index (χ3n) is 3.75. The van der Waals surface area contributed by atoms with Crippen LogP contribution in [0, 0.1) is 11.8 Å². The molecule has 0 aromatic rings. The number of carboxylic acid groups (broad SMARTS) is 1. The molecule has 1 rings (SSSR count). The van der Waals surface area contributed by atoms with E-state index < -0.39 is 12.0 Å². The van der Waals surface area contributed by atoms with E-state index in [1.165, 1.54) is 6.42 Å². The van der Waals surface area contributed by atoms with Crippen LogP contribution in [0.3, 0.4) is 0 Å². The largest absolute Gasteiger partial charge is 0.480 e. The summed E-state index contributed by atoms with van der Waals surface area (Å²) in [5, 5.41) is 11.8. The molecule has 17 heavy (non-hydrogen) atoms. The van der Waals surface area contributed by atoms with E-state index in [0.717, 1.165) is 32.1 Å². The number of hydrogen-bond acceptors (Lipinski definition) is 2. The molecule has 1 fully saturated rings. The maximum Gasteiger partial charge on any atom is 0.326 e. The van der Waals surface area contributed by atoms with Crippen molar-refractivity contribution in [2.75, 3.05) is 0 Å². The highest BCUT2D eigenvalue weighted by Crippen LogP contribution is 2.24. The van der Waals surface area contributed by atoms with Gasteiger partial charge in [0.05, 0.1) is 0 Å². The molecule has 4 nitrogen and oxygen atoms in total. The number of carbonyl (C=O) groups excluding carboxylic acids is 1. The van der Waals surface area contributed by atoms with Crippen LogP contribution in [0.15, 0.2) is 0 Å². The summed E-state index contributed by atoms with van der Waals surface area (Å²) >= 11 is 0. The average molecular weight is 241 g/mol. The number of rotatable bonds is 5. The predicted molar refractivity (Wildman–Crippen MR) is 65.6 cm³/mol. The predicted octanol–water partition coefficient (Wildman–Crippen LogP) is 2.18. The Morgan fingerprint density at radius 3 is 2.35 bits per heavy atom. The van der Waals surface area contributed by atoms with Crippen molar-refractivity contribution >= 4 is 11.9 Å². The summed E-state index contributed by atoms with van der Waals surface area (Å²) in [6, 6.07) is -0.741. The number of carbonyl (C=O) groups is 2. The second kappa shape index (κ2) is 6.62. The zero-order valence-electron chi connectivity index (χ0n) is 10.7. The molecule has 0 unspecified atom stereocenters. The summed E-state index contributed by atoms with van der Waals surface area (Å²) in [7, 11) is 0. The molecule has 0 aromatic carbocycles. The molecule has 1 saturated carbocycles. The first kappa shape index (κ1) is 14.0. The van der Waals surface area contributed by atoms with Crippen LogP contribution >= 0.6 is 0 Å². The summed E-state index contributed by atoms with van der Waals surface area (Å²) in [6.45, 7) is 3.80. The lowest BCUT2D eigenvalue weighted by molar-refractivity contribution is -0.144. The van der Waals surface area contributed by atoms with Crippen LogP contribution in [-0.4, -0.2) is 23.0 Å². The fourth-order valence-corrected chi connectivity index (χ4v) is 2.32. The third-order valence-corrected chi connectivity index (χ3v) is 3.75. The molecule has 0 heterocycles. The zero-order chi connectivity index (χ0) is 12.8. The Balaban J connectivity index is 2.53. The maximum atomic E-state index is 12.0. The van der Waals surface area contributed by atoms with Crippen molar-refractivity contribution < 1.29 is 14.7 Å². The zero-order valence-corrected chi connectivity index (χ0v) is 10.7. The Bertz CT molecular complexity index is 272. The highest BCUT2D eigenvalue weighted by molar-refractivity contribution is 5.85. The second-order valence-corrected chi connectivity index (χ2v) is 5.04. The van der Waals surface area contributed by atoms with Gasteiger partial charge in [0.2, 0.25) is 5.91 Å². The molecule has 0 radical (unpaired) electrons. The molecule has 1 amide bonds. The molecule has 0 saturated heterocycles. The van der Waals surface area contributed by atoms with E-state index in [-0.39, 0.29) is 17.7 Å². The Hall–Kier alpha value is -1.06. The van der Waals surface area contributed by atoms with E-state index in [4.69, 9.17) is 5.11 Å². The summed E-state index contributed by atoms with van der Waals surface area (Å²) in [6.07, 6.45) is 5.91. The molecular formula is C13H23NO3. The van der Waals surface area contributed by atoms with E-state index >= 15 is 0 Å². The van der Waals surface area contributed by atoms with E-state index in [1.807, 2.05) is 13.8 Å². The van der Waals surface area contributed by atoms with E-state index in [2.05, 4.69) is 5.32 Å². The normalized spacial score (nSPS) is 20.6. The van der Waals surface area contributed by atoms with Crippen molar-refractivity contribution in [2.45, 2.75) is 58.4 Å². The molecule has 2 N–H and O–H groups in total. The van der Waals surface area contributed by atoms with Crippen LogP contribution in [0.5, 0.6) is 0 Å². The lowest BCUT2D eigenvalue weighted by atomic mass is 9.88. The molecule has 0 spiro atoms. The Morgan fingerprint density at radius 1 is 1.29 bits per heavy atom. The van der Waals surface area contributed by atoms with Crippen LogP contribution in [-0.2, 0) is 9.59 Å². The second-order valence-electron chi connectivity index (χ2n) is 5.04. The molecule has 2 atom stereocenters. The first-order valence-corrected chi connectivity index (χ1v) is 6.59. The van der Waals surface area contributed by atoms with E-state index in [1.54, 1.807) is 0 Å². The first-order valence-electron chi connectivity index (χ1n) is 6.59. The van der Waals surface area contributed by atoms with E-state index in [0.29, 0.717) is 0 Å². The molecule has 0 bridgehead atoms. The standard InChI is InChI=1S/C13H23NO3/c1-3-9(2)11(13(16)17)14-12(15)10-7-5-4-6-8-10/h9-11H,3-8H2,1-2H3,(H,14,15)(H,16,17)/t9-,11-/m0/s1. The van der Waals surface area contributed by atoms with Gasteiger partial charge in [-0.1, -0.05) is 39.5 Å². The van der Waals surface area contributed by atoms with Gasteiger partial charge in [-0.15, -0.1) is 0 Å². The minimum atomic E-state index is -0.927. The van der Waals surface area contributed by atoms with Gasteiger partial charge >= 0.3 is 5.97 Å². The van der Waals surface area contributed by atoms with Gasteiger partial charge in [0, 0.05) is 5.92 Å². The van der Waals surface area contributed by atoms with Crippen molar-refractivity contribution in [3.8, 4) is 0 Å². The lowest BCUT2D eigenvalue weighted by Gasteiger charge is -2.25. The highest BCUT2D eigenvalue weighted by atomic mass is 16.4. The van der Waals surface area contributed by atoms with Gasteiger partial charge in [-0.25, -0.2) is 4.79 Å². The quantitative estimate of drug-likeness (QED) is 0.775. The molecule has 1 aliphatic carbocycles. The maximum absolute atomic E-state index is 12.0. The molecule has 4 heteroatoms. The third kappa shape index (κ3) is 4.02. The van der Waals surface area contributed by atoms with Gasteiger partial charge in [-0.05, 0) is 18.8 Å². The number of hydrogen-bond donors (Lipinski definition) is 2.